The van der Waals surface area contributed by atoms with Gasteiger partial charge in [0.2, 0.25) is 0 Å². The van der Waals surface area contributed by atoms with Crippen LogP contribution in [0.15, 0.2) is 0 Å². The van der Waals surface area contributed by atoms with Crippen molar-refractivity contribution in [1.29, 1.82) is 0 Å². The lowest BCUT2D eigenvalue weighted by molar-refractivity contribution is -0.113. The summed E-state index contributed by atoms with van der Waals surface area (Å²) < 4.78 is 4.97. The molecule has 0 aromatic rings. The first-order chi connectivity index (χ1) is 6.38. The third-order valence-electron chi connectivity index (χ3n) is 2.35. The van der Waals surface area contributed by atoms with Gasteiger partial charge in [0, 0.05) is 39.9 Å². The number of ether oxygens (including phenoxy) is 1. The third-order valence-corrected chi connectivity index (χ3v) is 2.35. The highest BCUT2D eigenvalue weighted by Gasteiger charge is 2.20. The van der Waals surface area contributed by atoms with Crippen LogP contribution >= 0.6 is 0 Å². The monoisotopic (exact) mass is 186 g/mol. The van der Waals surface area contributed by atoms with E-state index in [1.165, 1.54) is 0 Å². The van der Waals surface area contributed by atoms with Gasteiger partial charge in [0.05, 0.1) is 6.04 Å². The smallest absolute Gasteiger partial charge is 0.138 e. The van der Waals surface area contributed by atoms with Crippen molar-refractivity contribution in [2.45, 2.75) is 12.5 Å². The van der Waals surface area contributed by atoms with Gasteiger partial charge in [-0.2, -0.15) is 0 Å². The van der Waals surface area contributed by atoms with Gasteiger partial charge in [0.1, 0.15) is 6.29 Å². The molecule has 1 aliphatic heterocycles. The highest BCUT2D eigenvalue weighted by atomic mass is 16.5. The Morgan fingerprint density at radius 2 is 2.54 bits per heavy atom. The molecule has 1 atom stereocenters. The van der Waals surface area contributed by atoms with E-state index < -0.39 is 0 Å². The molecule has 1 fully saturated rings. The molecule has 1 unspecified atom stereocenters. The van der Waals surface area contributed by atoms with Crippen molar-refractivity contribution < 1.29 is 9.53 Å². The van der Waals surface area contributed by atoms with E-state index in [1.807, 2.05) is 0 Å². The molecule has 1 heterocycles. The number of nitrogens with zero attached hydrogens (tertiary/aromatic N) is 1. The quantitative estimate of drug-likeness (QED) is 0.464. The lowest BCUT2D eigenvalue weighted by Crippen LogP contribution is -2.52. The fourth-order valence-electron chi connectivity index (χ4n) is 1.59. The van der Waals surface area contributed by atoms with Gasteiger partial charge in [-0.3, -0.25) is 4.90 Å². The van der Waals surface area contributed by atoms with Crippen molar-refractivity contribution >= 4 is 6.29 Å². The molecule has 1 rings (SSSR count). The maximum atomic E-state index is 10.7. The summed E-state index contributed by atoms with van der Waals surface area (Å²) in [7, 11) is 1.70. The standard InChI is InChI=1S/C9H18N2O2/c1-13-6-2-4-11-5-3-10-7-9(11)8-12/h8-10H,2-7H2,1H3. The molecule has 1 saturated heterocycles. The zero-order valence-electron chi connectivity index (χ0n) is 8.16. The summed E-state index contributed by atoms with van der Waals surface area (Å²) in [6, 6.07) is 0.0607. The number of nitrogens with one attached hydrogen (secondary N) is 1. The van der Waals surface area contributed by atoms with E-state index in [-0.39, 0.29) is 6.04 Å². The molecule has 0 spiro atoms. The summed E-state index contributed by atoms with van der Waals surface area (Å²) in [6.45, 7) is 4.47. The Hall–Kier alpha value is -0.450. The molecular formula is C9H18N2O2. The van der Waals surface area contributed by atoms with E-state index in [4.69, 9.17) is 4.74 Å². The Balaban J connectivity index is 2.23. The molecule has 0 bridgehead atoms. The Morgan fingerprint density at radius 1 is 1.69 bits per heavy atom. The molecule has 0 aliphatic carbocycles. The minimum Gasteiger partial charge on any atom is -0.385 e. The largest absolute Gasteiger partial charge is 0.385 e. The van der Waals surface area contributed by atoms with Gasteiger partial charge in [-0.05, 0) is 6.42 Å². The summed E-state index contributed by atoms with van der Waals surface area (Å²) in [5.74, 6) is 0. The summed E-state index contributed by atoms with van der Waals surface area (Å²) in [6.07, 6.45) is 2.03. The lowest BCUT2D eigenvalue weighted by atomic mass is 10.2. The third kappa shape index (κ3) is 3.42. The number of methoxy groups -OCH3 is 1. The molecule has 0 saturated carbocycles. The Kier molecular flexibility index (Phi) is 4.97. The number of piperazine rings is 1. The highest BCUT2D eigenvalue weighted by Crippen LogP contribution is 2.01. The molecule has 0 amide bonds. The Labute approximate surface area is 79.2 Å². The summed E-state index contributed by atoms with van der Waals surface area (Å²) in [5.41, 5.74) is 0. The van der Waals surface area contributed by atoms with E-state index in [9.17, 15) is 4.79 Å². The Bertz CT molecular complexity index is 153. The second-order valence-electron chi connectivity index (χ2n) is 3.29. The van der Waals surface area contributed by atoms with Crippen LogP contribution in [0.25, 0.3) is 0 Å². The molecule has 0 aromatic carbocycles. The van der Waals surface area contributed by atoms with Gasteiger partial charge < -0.3 is 14.8 Å². The zero-order chi connectivity index (χ0) is 9.52. The highest BCUT2D eigenvalue weighted by molar-refractivity contribution is 5.58. The van der Waals surface area contributed by atoms with Crippen LogP contribution in [0.2, 0.25) is 0 Å². The SMILES string of the molecule is COCCCN1CCNCC1C=O. The topological polar surface area (TPSA) is 41.6 Å². The molecule has 0 radical (unpaired) electrons. The van der Waals surface area contributed by atoms with Gasteiger partial charge in [-0.15, -0.1) is 0 Å². The zero-order valence-corrected chi connectivity index (χ0v) is 8.16. The predicted octanol–water partition coefficient (Wildman–Crippen LogP) is -0.504. The molecule has 1 N–H and O–H groups in total. The number of carbonyl (C=O) groups excluding carboxylic acids is 1. The first-order valence-electron chi connectivity index (χ1n) is 4.77. The first kappa shape index (κ1) is 10.6. The van der Waals surface area contributed by atoms with Crippen molar-refractivity contribution in [3.63, 3.8) is 0 Å². The molecule has 13 heavy (non-hydrogen) atoms. The van der Waals surface area contributed by atoms with E-state index >= 15 is 0 Å². The average Bonchev–Trinajstić information content (AvgIpc) is 2.19. The van der Waals surface area contributed by atoms with E-state index in [1.54, 1.807) is 7.11 Å². The molecule has 76 valence electrons. The van der Waals surface area contributed by atoms with Crippen LogP contribution in [-0.4, -0.2) is 57.1 Å². The maximum Gasteiger partial charge on any atom is 0.138 e. The van der Waals surface area contributed by atoms with Crippen molar-refractivity contribution in [3.05, 3.63) is 0 Å². The lowest BCUT2D eigenvalue weighted by Gasteiger charge is -2.32. The van der Waals surface area contributed by atoms with E-state index in [2.05, 4.69) is 10.2 Å². The first-order valence-corrected chi connectivity index (χ1v) is 4.77. The second kappa shape index (κ2) is 6.07. The van der Waals surface area contributed by atoms with Crippen LogP contribution in [0.5, 0.6) is 0 Å². The summed E-state index contributed by atoms with van der Waals surface area (Å²) in [4.78, 5) is 12.9. The van der Waals surface area contributed by atoms with Gasteiger partial charge in [-0.1, -0.05) is 0 Å². The Morgan fingerprint density at radius 3 is 3.23 bits per heavy atom. The number of carbonyl (C=O) groups is 1. The minimum absolute atomic E-state index is 0.0607. The van der Waals surface area contributed by atoms with Crippen LogP contribution in [0.4, 0.5) is 0 Å². The number of aldehydes is 1. The van der Waals surface area contributed by atoms with Crippen molar-refractivity contribution in [1.82, 2.24) is 10.2 Å². The average molecular weight is 186 g/mol. The van der Waals surface area contributed by atoms with Crippen LogP contribution in [-0.2, 0) is 9.53 Å². The summed E-state index contributed by atoms with van der Waals surface area (Å²) >= 11 is 0. The van der Waals surface area contributed by atoms with Crippen molar-refractivity contribution in [2.24, 2.45) is 0 Å². The van der Waals surface area contributed by atoms with E-state index in [0.29, 0.717) is 0 Å². The van der Waals surface area contributed by atoms with Crippen LogP contribution in [0.1, 0.15) is 6.42 Å². The van der Waals surface area contributed by atoms with Crippen LogP contribution < -0.4 is 5.32 Å². The number of hydrogen-bond acceptors (Lipinski definition) is 4. The van der Waals surface area contributed by atoms with Crippen molar-refractivity contribution in [2.75, 3.05) is 39.9 Å². The minimum atomic E-state index is 0.0607. The molecule has 4 nitrogen and oxygen atoms in total. The number of rotatable bonds is 5. The molecule has 1 aliphatic rings. The number of hydrogen-bond donors (Lipinski definition) is 1. The van der Waals surface area contributed by atoms with Gasteiger partial charge in [0.25, 0.3) is 0 Å². The predicted molar refractivity (Wildman–Crippen MR) is 50.8 cm³/mol. The second-order valence-corrected chi connectivity index (χ2v) is 3.29. The molecular weight excluding hydrogens is 168 g/mol. The van der Waals surface area contributed by atoms with E-state index in [0.717, 1.165) is 45.5 Å². The summed E-state index contributed by atoms with van der Waals surface area (Å²) in [5, 5.41) is 3.20. The van der Waals surface area contributed by atoms with Gasteiger partial charge in [-0.25, -0.2) is 0 Å². The molecule has 4 heteroatoms. The van der Waals surface area contributed by atoms with Gasteiger partial charge >= 0.3 is 0 Å². The van der Waals surface area contributed by atoms with Crippen molar-refractivity contribution in [3.8, 4) is 0 Å². The van der Waals surface area contributed by atoms with Crippen LogP contribution in [0, 0.1) is 0 Å². The maximum absolute atomic E-state index is 10.7. The van der Waals surface area contributed by atoms with Gasteiger partial charge in [0.15, 0.2) is 0 Å². The normalized spacial score (nSPS) is 24.5. The van der Waals surface area contributed by atoms with Crippen LogP contribution in [0.3, 0.4) is 0 Å². The fraction of sp³-hybridized carbons (Fsp3) is 0.889. The fourth-order valence-corrected chi connectivity index (χ4v) is 1.59. The molecule has 0 aromatic heterocycles.